The van der Waals surface area contributed by atoms with Crippen LogP contribution in [0.3, 0.4) is 0 Å². The Morgan fingerprint density at radius 1 is 1.02 bits per heavy atom. The zero-order chi connectivity index (χ0) is 36.3. The molecule has 3 N–H and O–H groups in total. The second-order valence-corrected chi connectivity index (χ2v) is 10.8. The Morgan fingerprint density at radius 2 is 1.59 bits per heavy atom. The van der Waals surface area contributed by atoms with Gasteiger partial charge in [-0.2, -0.15) is 36.5 Å². The van der Waals surface area contributed by atoms with Crippen molar-refractivity contribution in [1.82, 2.24) is 15.4 Å². The molecular weight excluding hydrogens is 672 g/mol. The van der Waals surface area contributed by atoms with Gasteiger partial charge < -0.3 is 14.6 Å². The van der Waals surface area contributed by atoms with E-state index in [-0.39, 0.29) is 22.2 Å². The number of halogens is 6. The molecule has 14 nitrogen and oxygen atoms in total. The van der Waals surface area contributed by atoms with E-state index in [1.54, 1.807) is 0 Å². The van der Waals surface area contributed by atoms with Gasteiger partial charge in [0.05, 0.1) is 22.7 Å². The summed E-state index contributed by atoms with van der Waals surface area (Å²) in [4.78, 5) is 51.2. The fourth-order valence-corrected chi connectivity index (χ4v) is 4.71. The van der Waals surface area contributed by atoms with Gasteiger partial charge in [0.25, 0.3) is 5.91 Å². The molecule has 1 saturated heterocycles. The van der Waals surface area contributed by atoms with Crippen molar-refractivity contribution in [2.45, 2.75) is 37.9 Å². The van der Waals surface area contributed by atoms with Gasteiger partial charge in [-0.1, -0.05) is 0 Å². The number of alkyl halides is 6. The van der Waals surface area contributed by atoms with Crippen LogP contribution in [0.1, 0.15) is 30.7 Å². The summed E-state index contributed by atoms with van der Waals surface area (Å²) in [5, 5.41) is 27.7. The molecule has 1 unspecified atom stereocenters. The standard InChI is InChI=1S/C29H25F6N7O7/c1-27(2)24(41(46)25(44)37-19-9-5-17(6-10-19)28(30,31)32)40(20-11-7-18(8-12-20)29(33,34)35)26(45)39(27)16-22(43)38-36-15-3-4-21-13-14-23(49-21)42(47)48/h3-15,24,46H,16H2,1-2H3,(H,37,44)(H,38,43)/b4-3+,36-15+. The number of nitro groups is 1. The van der Waals surface area contributed by atoms with E-state index in [0.29, 0.717) is 24.3 Å². The summed E-state index contributed by atoms with van der Waals surface area (Å²) in [5.74, 6) is -1.27. The van der Waals surface area contributed by atoms with Gasteiger partial charge in [0.15, 0.2) is 6.17 Å². The largest absolute Gasteiger partial charge is 0.433 e. The number of allylic oxidation sites excluding steroid dienone is 1. The maximum atomic E-state index is 13.7. The first-order valence-electron chi connectivity index (χ1n) is 13.8. The van der Waals surface area contributed by atoms with Crippen molar-refractivity contribution < 1.29 is 55.3 Å². The summed E-state index contributed by atoms with van der Waals surface area (Å²) in [6.45, 7) is 1.95. The molecule has 2 heterocycles. The van der Waals surface area contributed by atoms with Crippen LogP contribution in [-0.4, -0.2) is 62.5 Å². The number of anilines is 2. The van der Waals surface area contributed by atoms with Crippen molar-refractivity contribution in [3.05, 3.63) is 93.7 Å². The van der Waals surface area contributed by atoms with Crippen LogP contribution in [0.5, 0.6) is 0 Å². The van der Waals surface area contributed by atoms with Crippen LogP contribution in [0.25, 0.3) is 6.08 Å². The topological polar surface area (TPSA) is 174 Å². The SMILES string of the molecule is CC1(C)C(N(O)C(=O)Nc2ccc(C(F)(F)F)cc2)N(c2ccc(C(F)(F)F)cc2)C(=O)N1CC(=O)N/N=C/C=C/c1ccc([N+](=O)[O-])o1. The molecule has 49 heavy (non-hydrogen) atoms. The first-order valence-corrected chi connectivity index (χ1v) is 13.8. The zero-order valence-corrected chi connectivity index (χ0v) is 25.2. The smallest absolute Gasteiger partial charge is 0.401 e. The summed E-state index contributed by atoms with van der Waals surface area (Å²) in [6.07, 6.45) is -7.44. The minimum absolute atomic E-state index is 0.0348. The lowest BCUT2D eigenvalue weighted by molar-refractivity contribution is -0.402. The number of urea groups is 2. The summed E-state index contributed by atoms with van der Waals surface area (Å²) in [5.41, 5.74) is -1.97. The molecule has 0 radical (unpaired) electrons. The number of rotatable bonds is 9. The van der Waals surface area contributed by atoms with Gasteiger partial charge in [-0.25, -0.2) is 15.0 Å². The van der Waals surface area contributed by atoms with Crippen molar-refractivity contribution in [1.29, 1.82) is 0 Å². The van der Waals surface area contributed by atoms with Crippen LogP contribution in [0.4, 0.5) is 53.2 Å². The van der Waals surface area contributed by atoms with Crippen molar-refractivity contribution in [2.24, 2.45) is 5.10 Å². The minimum atomic E-state index is -4.73. The van der Waals surface area contributed by atoms with Crippen LogP contribution in [-0.2, 0) is 17.1 Å². The van der Waals surface area contributed by atoms with Gasteiger partial charge in [0.2, 0.25) is 0 Å². The molecule has 0 aliphatic carbocycles. The molecule has 4 rings (SSSR count). The Kier molecular flexibility index (Phi) is 10.0. The third-order valence-corrected chi connectivity index (χ3v) is 7.09. The number of nitrogens with zero attached hydrogens (tertiary/aromatic N) is 5. The molecule has 0 bridgehead atoms. The number of benzene rings is 2. The predicted octanol–water partition coefficient (Wildman–Crippen LogP) is 6.31. The second-order valence-electron chi connectivity index (χ2n) is 10.8. The average molecular weight is 698 g/mol. The van der Waals surface area contributed by atoms with E-state index in [9.17, 15) is 56.0 Å². The van der Waals surface area contributed by atoms with E-state index in [4.69, 9.17) is 4.42 Å². The fraction of sp³-hybridized carbons (Fsp3) is 0.241. The molecule has 3 aromatic rings. The number of hydrogen-bond acceptors (Lipinski definition) is 8. The summed E-state index contributed by atoms with van der Waals surface area (Å²) in [6, 6.07) is 6.43. The van der Waals surface area contributed by atoms with E-state index in [0.717, 1.165) is 46.3 Å². The normalized spacial score (nSPS) is 16.4. The van der Waals surface area contributed by atoms with Gasteiger partial charge >= 0.3 is 30.3 Å². The molecule has 1 aliphatic rings. The third-order valence-electron chi connectivity index (χ3n) is 7.09. The van der Waals surface area contributed by atoms with E-state index < -0.39 is 70.5 Å². The number of hydrazone groups is 1. The first-order chi connectivity index (χ1) is 22.8. The molecule has 1 aromatic heterocycles. The Hall–Kier alpha value is -5.92. The molecule has 1 aliphatic heterocycles. The number of hydrogen-bond donors (Lipinski definition) is 3. The highest BCUT2D eigenvalue weighted by molar-refractivity contribution is 6.00. The average Bonchev–Trinajstić information content (AvgIpc) is 3.57. The molecule has 1 atom stereocenters. The quantitative estimate of drug-likeness (QED) is 0.0772. The molecule has 260 valence electrons. The molecule has 2 aromatic carbocycles. The molecular formula is C29H25F6N7O7. The summed E-state index contributed by atoms with van der Waals surface area (Å²) >= 11 is 0. The first kappa shape index (κ1) is 35.9. The van der Waals surface area contributed by atoms with Gasteiger partial charge in [-0.05, 0) is 80.6 Å². The Morgan fingerprint density at radius 3 is 2.12 bits per heavy atom. The Balaban J connectivity index is 1.55. The third kappa shape index (κ3) is 8.15. The van der Waals surface area contributed by atoms with Crippen LogP contribution in [0.15, 0.2) is 76.3 Å². The highest BCUT2D eigenvalue weighted by Crippen LogP contribution is 2.39. The van der Waals surface area contributed by atoms with Crippen LogP contribution in [0.2, 0.25) is 0 Å². The number of hydroxylamine groups is 2. The Labute approximate surface area is 272 Å². The van der Waals surface area contributed by atoms with E-state index in [1.807, 2.05) is 0 Å². The van der Waals surface area contributed by atoms with Crippen LogP contribution >= 0.6 is 0 Å². The summed E-state index contributed by atoms with van der Waals surface area (Å²) < 4.78 is 83.5. The fourth-order valence-electron chi connectivity index (χ4n) is 4.71. The minimum Gasteiger partial charge on any atom is -0.401 e. The Bertz CT molecular complexity index is 1770. The number of furan rings is 1. The number of carbonyl (C=O) groups excluding carboxylic acids is 3. The molecule has 5 amide bonds. The molecule has 20 heteroatoms. The van der Waals surface area contributed by atoms with E-state index in [1.165, 1.54) is 32.1 Å². The number of carbonyl (C=O) groups is 3. The summed E-state index contributed by atoms with van der Waals surface area (Å²) in [7, 11) is 0. The van der Waals surface area contributed by atoms with Crippen molar-refractivity contribution in [2.75, 3.05) is 16.8 Å². The highest BCUT2D eigenvalue weighted by atomic mass is 19.4. The lowest BCUT2D eigenvalue weighted by Crippen LogP contribution is -2.58. The molecule has 0 spiro atoms. The van der Waals surface area contributed by atoms with Crippen molar-refractivity contribution in [3.63, 3.8) is 0 Å². The van der Waals surface area contributed by atoms with Crippen LogP contribution in [0, 0.1) is 10.1 Å². The molecule has 0 saturated carbocycles. The monoisotopic (exact) mass is 697 g/mol. The number of nitrogens with one attached hydrogen (secondary N) is 2. The van der Waals surface area contributed by atoms with Gasteiger partial charge in [-0.15, -0.1) is 0 Å². The van der Waals surface area contributed by atoms with Crippen molar-refractivity contribution in [3.8, 4) is 0 Å². The zero-order valence-electron chi connectivity index (χ0n) is 25.2. The number of amides is 5. The molecule has 1 fully saturated rings. The maximum Gasteiger partial charge on any atom is 0.433 e. The van der Waals surface area contributed by atoms with Gasteiger partial charge in [-0.3, -0.25) is 25.0 Å². The lowest BCUT2D eigenvalue weighted by Gasteiger charge is -2.38. The maximum absolute atomic E-state index is 13.7. The van der Waals surface area contributed by atoms with Crippen molar-refractivity contribution >= 4 is 47.5 Å². The van der Waals surface area contributed by atoms with E-state index in [2.05, 4.69) is 15.8 Å². The second kappa shape index (κ2) is 13.7. The van der Waals surface area contributed by atoms with Crippen LogP contribution < -0.4 is 15.6 Å². The van der Waals surface area contributed by atoms with Gasteiger partial charge in [0.1, 0.15) is 17.2 Å². The van der Waals surface area contributed by atoms with E-state index >= 15 is 0 Å². The lowest BCUT2D eigenvalue weighted by atomic mass is 9.99. The highest BCUT2D eigenvalue weighted by Gasteiger charge is 2.56. The van der Waals surface area contributed by atoms with Gasteiger partial charge in [0, 0.05) is 17.6 Å². The predicted molar refractivity (Wildman–Crippen MR) is 159 cm³/mol.